The number of allylic oxidation sites excluding steroid dienone is 1. The molecule has 6 heteroatoms. The van der Waals surface area contributed by atoms with Crippen molar-refractivity contribution in [3.63, 3.8) is 0 Å². The molecule has 0 amide bonds. The van der Waals surface area contributed by atoms with Gasteiger partial charge in [-0.05, 0) is 17.7 Å². The zero-order valence-electron chi connectivity index (χ0n) is 6.65. The van der Waals surface area contributed by atoms with Crippen LogP contribution in [0, 0.1) is 0 Å². The molecular formula is C8H4Cl2F3N. The average Bonchev–Trinajstić information content (AvgIpc) is 2.02. The summed E-state index contributed by atoms with van der Waals surface area (Å²) in [6.45, 7) is 0. The number of pyridine rings is 1. The Morgan fingerprint density at radius 3 is 2.50 bits per heavy atom. The van der Waals surface area contributed by atoms with Crippen molar-refractivity contribution in [2.45, 2.75) is 6.18 Å². The second-order valence-corrected chi connectivity index (χ2v) is 3.27. The van der Waals surface area contributed by atoms with E-state index in [9.17, 15) is 13.2 Å². The molecule has 1 rings (SSSR count). The molecule has 0 radical (unpaired) electrons. The Morgan fingerprint density at radius 1 is 1.36 bits per heavy atom. The number of nitrogens with zero attached hydrogens (tertiary/aromatic N) is 1. The molecule has 0 spiro atoms. The SMILES string of the molecule is FC(F)(F)/C(Cl)=C\c1cncc(Cl)c1. The monoisotopic (exact) mass is 241 g/mol. The maximum atomic E-state index is 12.0. The van der Waals surface area contributed by atoms with Gasteiger partial charge < -0.3 is 0 Å². The molecule has 0 unspecified atom stereocenters. The Kier molecular flexibility index (Phi) is 3.39. The molecule has 0 fully saturated rings. The van der Waals surface area contributed by atoms with E-state index in [1.54, 1.807) is 0 Å². The van der Waals surface area contributed by atoms with Crippen molar-refractivity contribution in [2.24, 2.45) is 0 Å². The molecule has 0 atom stereocenters. The summed E-state index contributed by atoms with van der Waals surface area (Å²) in [5.74, 6) is 0. The minimum atomic E-state index is -4.54. The third kappa shape index (κ3) is 3.20. The highest BCUT2D eigenvalue weighted by Crippen LogP contribution is 2.30. The van der Waals surface area contributed by atoms with E-state index in [2.05, 4.69) is 4.98 Å². The second kappa shape index (κ2) is 4.19. The van der Waals surface area contributed by atoms with Crippen molar-refractivity contribution in [1.82, 2.24) is 4.98 Å². The van der Waals surface area contributed by atoms with Crippen LogP contribution in [0.2, 0.25) is 5.02 Å². The lowest BCUT2D eigenvalue weighted by molar-refractivity contribution is -0.0836. The number of alkyl halides is 3. The molecule has 0 bridgehead atoms. The summed E-state index contributed by atoms with van der Waals surface area (Å²) < 4.78 is 35.9. The number of rotatable bonds is 1. The Morgan fingerprint density at radius 2 is 2.00 bits per heavy atom. The fourth-order valence-corrected chi connectivity index (χ4v) is 1.04. The molecular weight excluding hydrogens is 238 g/mol. The molecule has 0 aliphatic carbocycles. The molecule has 0 aliphatic rings. The minimum absolute atomic E-state index is 0.208. The van der Waals surface area contributed by atoms with Crippen LogP contribution in [0.25, 0.3) is 6.08 Å². The summed E-state index contributed by atoms with van der Waals surface area (Å²) in [6, 6.07) is 1.34. The van der Waals surface area contributed by atoms with E-state index in [1.807, 2.05) is 0 Å². The molecule has 0 aliphatic heterocycles. The largest absolute Gasteiger partial charge is 0.426 e. The number of halogens is 5. The van der Waals surface area contributed by atoms with Gasteiger partial charge in [-0.3, -0.25) is 4.98 Å². The van der Waals surface area contributed by atoms with E-state index >= 15 is 0 Å². The van der Waals surface area contributed by atoms with Gasteiger partial charge in [0.05, 0.1) is 5.02 Å². The van der Waals surface area contributed by atoms with Crippen LogP contribution in [0.1, 0.15) is 5.56 Å². The topological polar surface area (TPSA) is 12.9 Å². The summed E-state index contributed by atoms with van der Waals surface area (Å²) in [6.07, 6.45) is -1.22. The van der Waals surface area contributed by atoms with Crippen LogP contribution in [0.15, 0.2) is 23.5 Å². The van der Waals surface area contributed by atoms with Gasteiger partial charge in [-0.15, -0.1) is 0 Å². The molecule has 14 heavy (non-hydrogen) atoms. The van der Waals surface area contributed by atoms with Crippen LogP contribution < -0.4 is 0 Å². The molecule has 1 aromatic rings. The van der Waals surface area contributed by atoms with Crippen LogP contribution in [-0.4, -0.2) is 11.2 Å². The van der Waals surface area contributed by atoms with Crippen LogP contribution in [0.5, 0.6) is 0 Å². The predicted molar refractivity (Wildman–Crippen MR) is 49.1 cm³/mol. The summed E-state index contributed by atoms with van der Waals surface area (Å²) >= 11 is 10.5. The Labute approximate surface area is 88.2 Å². The number of aromatic nitrogens is 1. The maximum Gasteiger partial charge on any atom is 0.426 e. The van der Waals surface area contributed by atoms with Gasteiger partial charge in [-0.25, -0.2) is 0 Å². The molecule has 1 nitrogen and oxygen atoms in total. The lowest BCUT2D eigenvalue weighted by Crippen LogP contribution is -2.06. The fraction of sp³-hybridized carbons (Fsp3) is 0.125. The van der Waals surface area contributed by atoms with Crippen molar-refractivity contribution in [3.05, 3.63) is 34.1 Å². The Hall–Kier alpha value is -0.740. The van der Waals surface area contributed by atoms with Gasteiger partial charge in [0.2, 0.25) is 0 Å². The summed E-state index contributed by atoms with van der Waals surface area (Å²) in [5.41, 5.74) is 0.208. The summed E-state index contributed by atoms with van der Waals surface area (Å²) in [4.78, 5) is 3.62. The molecule has 0 saturated carbocycles. The van der Waals surface area contributed by atoms with Gasteiger partial charge in [0.25, 0.3) is 0 Å². The number of hydrogen-bond donors (Lipinski definition) is 0. The average molecular weight is 242 g/mol. The van der Waals surface area contributed by atoms with Crippen molar-refractivity contribution >= 4 is 29.3 Å². The third-order valence-corrected chi connectivity index (χ3v) is 1.82. The maximum absolute atomic E-state index is 12.0. The second-order valence-electron chi connectivity index (χ2n) is 2.43. The smallest absolute Gasteiger partial charge is 0.263 e. The standard InChI is InChI=1S/C8H4Cl2F3N/c9-6-1-5(3-14-4-6)2-7(10)8(11,12)13/h1-4H/b7-2+. The fourth-order valence-electron chi connectivity index (χ4n) is 0.735. The highest BCUT2D eigenvalue weighted by Gasteiger charge is 2.32. The van der Waals surface area contributed by atoms with Crippen molar-refractivity contribution in [1.29, 1.82) is 0 Å². The van der Waals surface area contributed by atoms with Crippen molar-refractivity contribution in [2.75, 3.05) is 0 Å². The first-order valence-corrected chi connectivity index (χ1v) is 4.20. The molecule has 0 saturated heterocycles. The molecule has 1 aromatic heterocycles. The van der Waals surface area contributed by atoms with E-state index in [0.717, 1.165) is 6.08 Å². The lowest BCUT2D eigenvalue weighted by atomic mass is 10.2. The lowest BCUT2D eigenvalue weighted by Gasteiger charge is -2.03. The summed E-state index contributed by atoms with van der Waals surface area (Å²) in [7, 11) is 0. The van der Waals surface area contributed by atoms with Gasteiger partial charge in [0, 0.05) is 12.4 Å². The first-order valence-electron chi connectivity index (χ1n) is 3.44. The van der Waals surface area contributed by atoms with Crippen LogP contribution >= 0.6 is 23.2 Å². The third-order valence-electron chi connectivity index (χ3n) is 1.29. The summed E-state index contributed by atoms with van der Waals surface area (Å²) in [5, 5.41) is -0.952. The zero-order chi connectivity index (χ0) is 10.8. The first kappa shape index (κ1) is 11.3. The van der Waals surface area contributed by atoms with Crippen molar-refractivity contribution < 1.29 is 13.2 Å². The van der Waals surface area contributed by atoms with E-state index in [1.165, 1.54) is 18.5 Å². The number of hydrogen-bond acceptors (Lipinski definition) is 1. The van der Waals surface area contributed by atoms with Gasteiger partial charge in [-0.1, -0.05) is 23.2 Å². The van der Waals surface area contributed by atoms with Crippen molar-refractivity contribution in [3.8, 4) is 0 Å². The van der Waals surface area contributed by atoms with Crippen LogP contribution in [0.4, 0.5) is 13.2 Å². The molecule has 0 N–H and O–H groups in total. The quantitative estimate of drug-likeness (QED) is 0.728. The van der Waals surface area contributed by atoms with E-state index in [0.29, 0.717) is 0 Å². The highest BCUT2D eigenvalue weighted by molar-refractivity contribution is 6.32. The molecule has 0 aromatic carbocycles. The Balaban J connectivity index is 2.98. The highest BCUT2D eigenvalue weighted by atomic mass is 35.5. The molecule has 1 heterocycles. The van der Waals surface area contributed by atoms with Crippen LogP contribution in [-0.2, 0) is 0 Å². The van der Waals surface area contributed by atoms with Gasteiger partial charge >= 0.3 is 6.18 Å². The minimum Gasteiger partial charge on any atom is -0.263 e. The van der Waals surface area contributed by atoms with Gasteiger partial charge in [-0.2, -0.15) is 13.2 Å². The molecule has 76 valence electrons. The normalized spacial score (nSPS) is 13.1. The van der Waals surface area contributed by atoms with Gasteiger partial charge in [0.15, 0.2) is 0 Å². The van der Waals surface area contributed by atoms with Crippen LogP contribution in [0.3, 0.4) is 0 Å². The van der Waals surface area contributed by atoms with E-state index < -0.39 is 11.2 Å². The Bertz CT molecular complexity index is 360. The van der Waals surface area contributed by atoms with Gasteiger partial charge in [0.1, 0.15) is 5.03 Å². The van der Waals surface area contributed by atoms with E-state index in [4.69, 9.17) is 23.2 Å². The predicted octanol–water partition coefficient (Wildman–Crippen LogP) is 3.88. The zero-order valence-corrected chi connectivity index (χ0v) is 8.16. The first-order chi connectivity index (χ1) is 6.39. The van der Waals surface area contributed by atoms with E-state index in [-0.39, 0.29) is 10.6 Å².